The summed E-state index contributed by atoms with van der Waals surface area (Å²) in [6.45, 7) is 1.28. The van der Waals surface area contributed by atoms with E-state index in [4.69, 9.17) is 9.47 Å². The third-order valence-electron chi connectivity index (χ3n) is 8.26. The highest BCUT2D eigenvalue weighted by Crippen LogP contribution is 2.35. The average Bonchev–Trinajstić information content (AvgIpc) is 3.73. The Labute approximate surface area is 242 Å². The number of carbonyl (C=O) groups is 4. The number of nitrogens with zero attached hydrogens (tertiary/aromatic N) is 5. The molecule has 2 aromatic carbocycles. The highest BCUT2D eigenvalue weighted by atomic mass is 16.5. The Morgan fingerprint density at radius 1 is 1.07 bits per heavy atom. The van der Waals surface area contributed by atoms with Gasteiger partial charge in [0.25, 0.3) is 11.8 Å². The fraction of sp³-hybridized carbons (Fsp3) is 0.400. The van der Waals surface area contributed by atoms with E-state index < -0.39 is 0 Å². The molecule has 2 aliphatic heterocycles. The van der Waals surface area contributed by atoms with Gasteiger partial charge in [-0.05, 0) is 30.2 Å². The van der Waals surface area contributed by atoms with Crippen LogP contribution in [0.5, 0.6) is 11.5 Å². The molecular weight excluding hydrogens is 540 g/mol. The molecule has 1 saturated heterocycles. The van der Waals surface area contributed by atoms with E-state index in [1.54, 1.807) is 59.2 Å². The van der Waals surface area contributed by atoms with Gasteiger partial charge in [0.15, 0.2) is 17.3 Å². The quantitative estimate of drug-likeness (QED) is 0.492. The van der Waals surface area contributed by atoms with Crippen molar-refractivity contribution in [1.29, 1.82) is 0 Å². The molecule has 3 heterocycles. The second kappa shape index (κ2) is 11.3. The van der Waals surface area contributed by atoms with E-state index in [-0.39, 0.29) is 55.0 Å². The van der Waals surface area contributed by atoms with Gasteiger partial charge in [-0.25, -0.2) is 4.68 Å². The molecule has 42 heavy (non-hydrogen) atoms. The number of hydrogen-bond acceptors (Lipinski definition) is 8. The molecule has 218 valence electrons. The first kappa shape index (κ1) is 27.4. The van der Waals surface area contributed by atoms with E-state index >= 15 is 0 Å². The molecule has 3 aliphatic rings. The summed E-state index contributed by atoms with van der Waals surface area (Å²) in [7, 11) is 3.17. The number of benzene rings is 2. The summed E-state index contributed by atoms with van der Waals surface area (Å²) in [5, 5.41) is 11.5. The first-order valence-electron chi connectivity index (χ1n) is 14.0. The van der Waals surface area contributed by atoms with Crippen LogP contribution in [0.2, 0.25) is 0 Å². The SMILES string of the molecule is COc1cccc2c1OCc1cn(nn1)[C@@H]1CN(C(=O)c3cccc4c3CCC4=O)C[C@@H]1CC(=O)NCCN(C)C2=O. The lowest BCUT2D eigenvalue weighted by Crippen LogP contribution is -2.37. The van der Waals surface area contributed by atoms with Crippen LogP contribution in [0.3, 0.4) is 0 Å². The Morgan fingerprint density at radius 3 is 2.71 bits per heavy atom. The predicted octanol–water partition coefficient (Wildman–Crippen LogP) is 1.90. The number of ether oxygens (including phenoxy) is 2. The van der Waals surface area contributed by atoms with Crippen LogP contribution in [0.15, 0.2) is 42.6 Å². The minimum atomic E-state index is -0.293. The standard InChI is InChI=1S/C30H32N6O6/c1-34-12-11-31-27(38)13-18-14-35(30(40)22-6-3-5-21-20(22)9-10-25(21)37)16-24(18)36-15-19(32-33-36)17-42-28-23(29(34)39)7-4-8-26(28)41-2/h3-8,15,18,24H,9-14,16-17H2,1-2H3,(H,31,38)/t18-,24+/m0/s1. The van der Waals surface area contributed by atoms with Crippen LogP contribution in [-0.4, -0.2) is 88.6 Å². The molecule has 3 amide bonds. The topological polar surface area (TPSA) is 136 Å². The van der Waals surface area contributed by atoms with E-state index in [1.165, 1.54) is 12.0 Å². The van der Waals surface area contributed by atoms with Crippen molar-refractivity contribution in [3.63, 3.8) is 0 Å². The Morgan fingerprint density at radius 2 is 1.88 bits per heavy atom. The van der Waals surface area contributed by atoms with Crippen LogP contribution in [0.25, 0.3) is 0 Å². The summed E-state index contributed by atoms with van der Waals surface area (Å²) in [5.41, 5.74) is 2.81. The number of methoxy groups -OCH3 is 1. The zero-order valence-corrected chi connectivity index (χ0v) is 23.5. The number of fused-ring (bicyclic) bond motifs is 6. The Bertz CT molecular complexity index is 1570. The lowest BCUT2D eigenvalue weighted by atomic mass is 9.99. The second-order valence-electron chi connectivity index (χ2n) is 10.9. The minimum absolute atomic E-state index is 0.0368. The van der Waals surface area contributed by atoms with Crippen LogP contribution in [0, 0.1) is 5.92 Å². The number of ketones is 1. The number of aromatic nitrogens is 3. The summed E-state index contributed by atoms with van der Waals surface area (Å²) in [6, 6.07) is 10.1. The van der Waals surface area contributed by atoms with E-state index in [2.05, 4.69) is 15.6 Å². The lowest BCUT2D eigenvalue weighted by molar-refractivity contribution is -0.122. The highest BCUT2D eigenvalue weighted by Gasteiger charge is 2.40. The first-order valence-corrected chi connectivity index (χ1v) is 14.0. The third-order valence-corrected chi connectivity index (χ3v) is 8.26. The Hall–Kier alpha value is -4.74. The van der Waals surface area contributed by atoms with Crippen LogP contribution < -0.4 is 14.8 Å². The number of rotatable bonds is 2. The molecule has 1 fully saturated rings. The van der Waals surface area contributed by atoms with Gasteiger partial charge < -0.3 is 24.6 Å². The van der Waals surface area contributed by atoms with Gasteiger partial charge in [0.1, 0.15) is 12.3 Å². The molecule has 0 spiro atoms. The van der Waals surface area contributed by atoms with Gasteiger partial charge in [0.05, 0.1) is 24.9 Å². The Balaban J connectivity index is 1.29. The number of likely N-dealkylation sites (N-methyl/N-ethyl adjacent to an activating group) is 1. The van der Waals surface area contributed by atoms with E-state index in [0.717, 1.165) is 5.56 Å². The maximum Gasteiger partial charge on any atom is 0.257 e. The number of amides is 3. The lowest BCUT2D eigenvalue weighted by Gasteiger charge is -2.21. The normalized spacial score (nSPS) is 20.9. The molecule has 0 unspecified atom stereocenters. The number of likely N-dealkylation sites (tertiary alicyclic amines) is 1. The summed E-state index contributed by atoms with van der Waals surface area (Å²) in [6.07, 6.45) is 2.88. The number of carbonyl (C=O) groups excluding carboxylic acids is 4. The molecule has 1 aromatic heterocycles. The summed E-state index contributed by atoms with van der Waals surface area (Å²) in [5.74, 6) is -0.0644. The maximum absolute atomic E-state index is 13.7. The Kier molecular flexibility index (Phi) is 7.36. The van der Waals surface area contributed by atoms with Gasteiger partial charge >= 0.3 is 0 Å². The van der Waals surface area contributed by atoms with Crippen LogP contribution in [0.4, 0.5) is 0 Å². The minimum Gasteiger partial charge on any atom is -0.493 e. The zero-order valence-electron chi connectivity index (χ0n) is 23.5. The fourth-order valence-corrected chi connectivity index (χ4v) is 6.04. The molecule has 2 atom stereocenters. The van der Waals surface area contributed by atoms with Gasteiger partial charge in [-0.15, -0.1) is 5.10 Å². The molecule has 0 radical (unpaired) electrons. The van der Waals surface area contributed by atoms with Gasteiger partial charge in [-0.3, -0.25) is 19.2 Å². The molecule has 1 N–H and O–H groups in total. The van der Waals surface area contributed by atoms with Gasteiger partial charge in [-0.2, -0.15) is 0 Å². The van der Waals surface area contributed by atoms with Crippen molar-refractivity contribution < 1.29 is 28.7 Å². The number of nitrogens with one attached hydrogen (secondary N) is 1. The molecule has 3 aromatic rings. The van der Waals surface area contributed by atoms with Crippen molar-refractivity contribution in [2.45, 2.75) is 31.9 Å². The van der Waals surface area contributed by atoms with E-state index in [0.29, 0.717) is 66.4 Å². The van der Waals surface area contributed by atoms with E-state index in [1.807, 2.05) is 0 Å². The maximum atomic E-state index is 13.7. The van der Waals surface area contributed by atoms with Gasteiger partial charge in [-0.1, -0.05) is 23.4 Å². The third kappa shape index (κ3) is 5.08. The van der Waals surface area contributed by atoms with E-state index in [9.17, 15) is 19.2 Å². The second-order valence-corrected chi connectivity index (χ2v) is 10.9. The smallest absolute Gasteiger partial charge is 0.257 e. The average molecular weight is 573 g/mol. The van der Waals surface area contributed by atoms with Crippen molar-refractivity contribution in [1.82, 2.24) is 30.1 Å². The van der Waals surface area contributed by atoms with Crippen molar-refractivity contribution in [2.24, 2.45) is 5.92 Å². The number of para-hydroxylation sites is 1. The number of hydrogen-bond donors (Lipinski definition) is 1. The van der Waals surface area contributed by atoms with Crippen molar-refractivity contribution in [3.05, 3.63) is 70.5 Å². The monoisotopic (exact) mass is 572 g/mol. The summed E-state index contributed by atoms with van der Waals surface area (Å²) in [4.78, 5) is 55.6. The number of Topliss-reactive ketones (excluding diaryl/α,β-unsaturated/α-hetero) is 1. The highest BCUT2D eigenvalue weighted by molar-refractivity contribution is 6.05. The molecule has 12 nitrogen and oxygen atoms in total. The largest absolute Gasteiger partial charge is 0.493 e. The fourth-order valence-electron chi connectivity index (χ4n) is 6.04. The predicted molar refractivity (Wildman–Crippen MR) is 149 cm³/mol. The van der Waals surface area contributed by atoms with Crippen molar-refractivity contribution in [3.8, 4) is 11.5 Å². The summed E-state index contributed by atoms with van der Waals surface area (Å²) >= 11 is 0. The first-order chi connectivity index (χ1) is 20.3. The summed E-state index contributed by atoms with van der Waals surface area (Å²) < 4.78 is 13.2. The van der Waals surface area contributed by atoms with Crippen LogP contribution in [-0.2, 0) is 17.8 Å². The van der Waals surface area contributed by atoms with Gasteiger partial charge in [0.2, 0.25) is 5.91 Å². The van der Waals surface area contributed by atoms with Crippen molar-refractivity contribution in [2.75, 3.05) is 40.3 Å². The molecule has 0 saturated carbocycles. The molecule has 12 heteroatoms. The zero-order chi connectivity index (χ0) is 29.4. The molecule has 6 rings (SSSR count). The molecule has 2 bridgehead atoms. The van der Waals surface area contributed by atoms with Gasteiger partial charge in [0, 0.05) is 63.1 Å². The molecular formula is C30H32N6O6. The molecule has 1 aliphatic carbocycles. The van der Waals surface area contributed by atoms with Crippen LogP contribution >= 0.6 is 0 Å². The van der Waals surface area contributed by atoms with Crippen molar-refractivity contribution >= 4 is 23.5 Å². The van der Waals surface area contributed by atoms with Crippen LogP contribution in [0.1, 0.15) is 61.2 Å².